The average molecular weight is 347 g/mol. The van der Waals surface area contributed by atoms with Crippen molar-refractivity contribution in [1.82, 2.24) is 4.90 Å². The normalized spacial score (nSPS) is 10.9. The first-order chi connectivity index (χ1) is 12.0. The van der Waals surface area contributed by atoms with E-state index in [1.165, 1.54) is 25.3 Å². The van der Waals surface area contributed by atoms with Crippen molar-refractivity contribution in [2.75, 3.05) is 20.2 Å². The zero-order chi connectivity index (χ0) is 18.2. The summed E-state index contributed by atoms with van der Waals surface area (Å²) >= 11 is 0. The molecule has 2 rings (SSSR count). The predicted octanol–water partition coefficient (Wildman–Crippen LogP) is 3.09. The highest BCUT2D eigenvalue weighted by Crippen LogP contribution is 2.28. The van der Waals surface area contributed by atoms with Gasteiger partial charge >= 0.3 is 5.69 Å². The van der Waals surface area contributed by atoms with Gasteiger partial charge in [-0.1, -0.05) is 18.2 Å². The molecule has 2 N–H and O–H groups in total. The Labute approximate surface area is 146 Å². The second-order valence-electron chi connectivity index (χ2n) is 5.74. The smallest absolute Gasteiger partial charge is 0.311 e. The maximum atomic E-state index is 13.1. The molecule has 25 heavy (non-hydrogen) atoms. The van der Waals surface area contributed by atoms with Crippen LogP contribution in [0, 0.1) is 15.9 Å². The molecule has 2 aromatic rings. The lowest BCUT2D eigenvalue weighted by Crippen LogP contribution is -2.25. The first kappa shape index (κ1) is 18.8. The van der Waals surface area contributed by atoms with Crippen LogP contribution in [0.3, 0.4) is 0 Å². The molecule has 7 heteroatoms. The van der Waals surface area contributed by atoms with Crippen LogP contribution in [-0.4, -0.2) is 30.0 Å². The van der Waals surface area contributed by atoms with E-state index in [0.717, 1.165) is 24.1 Å². The number of hydrogen-bond acceptors (Lipinski definition) is 5. The summed E-state index contributed by atoms with van der Waals surface area (Å²) < 4.78 is 18.1. The molecule has 0 spiro atoms. The molecule has 0 atom stereocenters. The molecule has 0 radical (unpaired) electrons. The van der Waals surface area contributed by atoms with Crippen molar-refractivity contribution >= 4 is 5.69 Å². The lowest BCUT2D eigenvalue weighted by Gasteiger charge is -2.22. The second-order valence-corrected chi connectivity index (χ2v) is 5.74. The Bertz CT molecular complexity index is 707. The van der Waals surface area contributed by atoms with Gasteiger partial charge in [-0.15, -0.1) is 0 Å². The fourth-order valence-electron chi connectivity index (χ4n) is 2.61. The van der Waals surface area contributed by atoms with Crippen LogP contribution >= 0.6 is 0 Å². The fourth-order valence-corrected chi connectivity index (χ4v) is 2.61. The lowest BCUT2D eigenvalue weighted by atomic mass is 10.1. The molecule has 0 bridgehead atoms. The first-order valence-electron chi connectivity index (χ1n) is 8.01. The number of nitro benzene ring substituents is 1. The monoisotopic (exact) mass is 347 g/mol. The van der Waals surface area contributed by atoms with Gasteiger partial charge in [0.25, 0.3) is 0 Å². The molecule has 0 amide bonds. The Morgan fingerprint density at radius 2 is 1.80 bits per heavy atom. The number of rotatable bonds is 9. The number of nitro groups is 1. The van der Waals surface area contributed by atoms with Crippen LogP contribution in [0.4, 0.5) is 10.1 Å². The minimum Gasteiger partial charge on any atom is -0.490 e. The van der Waals surface area contributed by atoms with E-state index in [-0.39, 0.29) is 17.3 Å². The van der Waals surface area contributed by atoms with Gasteiger partial charge in [0.15, 0.2) is 5.75 Å². The molecule has 2 aromatic carbocycles. The van der Waals surface area contributed by atoms with Crippen LogP contribution in [-0.2, 0) is 13.1 Å². The highest BCUT2D eigenvalue weighted by atomic mass is 19.1. The highest BCUT2D eigenvalue weighted by molar-refractivity contribution is 5.48. The number of hydrogen-bond donors (Lipinski definition) is 1. The van der Waals surface area contributed by atoms with Gasteiger partial charge in [0.05, 0.1) is 12.0 Å². The van der Waals surface area contributed by atoms with E-state index in [2.05, 4.69) is 4.90 Å². The van der Waals surface area contributed by atoms with E-state index < -0.39 is 4.92 Å². The summed E-state index contributed by atoms with van der Waals surface area (Å²) in [6, 6.07) is 11.3. The van der Waals surface area contributed by atoms with Gasteiger partial charge < -0.3 is 10.5 Å². The summed E-state index contributed by atoms with van der Waals surface area (Å²) in [5.74, 6) is -0.0381. The first-order valence-corrected chi connectivity index (χ1v) is 8.01. The molecule has 0 saturated carbocycles. The van der Waals surface area contributed by atoms with Crippen molar-refractivity contribution in [1.29, 1.82) is 0 Å². The van der Waals surface area contributed by atoms with E-state index in [1.54, 1.807) is 18.2 Å². The Morgan fingerprint density at radius 1 is 1.16 bits per heavy atom. The maximum absolute atomic E-state index is 13.1. The van der Waals surface area contributed by atoms with Crippen LogP contribution in [0.1, 0.15) is 17.5 Å². The number of halogens is 1. The zero-order valence-corrected chi connectivity index (χ0v) is 14.2. The molecule has 6 nitrogen and oxygen atoms in total. The summed E-state index contributed by atoms with van der Waals surface area (Å²) in [5.41, 5.74) is 7.33. The lowest BCUT2D eigenvalue weighted by molar-refractivity contribution is -0.385. The van der Waals surface area contributed by atoms with Crippen LogP contribution in [0.2, 0.25) is 0 Å². The van der Waals surface area contributed by atoms with E-state index in [9.17, 15) is 14.5 Å². The number of benzene rings is 2. The predicted molar refractivity (Wildman–Crippen MR) is 93.8 cm³/mol. The maximum Gasteiger partial charge on any atom is 0.311 e. The minimum absolute atomic E-state index is 0.0550. The van der Waals surface area contributed by atoms with E-state index in [1.807, 2.05) is 6.07 Å². The molecule has 0 fully saturated rings. The summed E-state index contributed by atoms with van der Waals surface area (Å²) in [6.07, 6.45) is 0.805. The number of methoxy groups -OCH3 is 1. The minimum atomic E-state index is -0.452. The summed E-state index contributed by atoms with van der Waals surface area (Å²) in [6.45, 7) is 2.44. The van der Waals surface area contributed by atoms with Gasteiger partial charge in [0.2, 0.25) is 0 Å². The molecule has 0 aliphatic rings. The third-order valence-corrected chi connectivity index (χ3v) is 3.84. The Balaban J connectivity index is 2.16. The van der Waals surface area contributed by atoms with Crippen molar-refractivity contribution in [2.24, 2.45) is 5.73 Å². The van der Waals surface area contributed by atoms with Crippen molar-refractivity contribution in [3.63, 3.8) is 0 Å². The Kier molecular flexibility index (Phi) is 6.85. The van der Waals surface area contributed by atoms with Crippen LogP contribution in [0.5, 0.6) is 5.75 Å². The Hall–Kier alpha value is -2.51. The van der Waals surface area contributed by atoms with Gasteiger partial charge in [-0.05, 0) is 42.3 Å². The average Bonchev–Trinajstić information content (AvgIpc) is 2.61. The topological polar surface area (TPSA) is 81.6 Å². The van der Waals surface area contributed by atoms with Gasteiger partial charge in [-0.25, -0.2) is 4.39 Å². The van der Waals surface area contributed by atoms with Crippen molar-refractivity contribution in [3.05, 3.63) is 69.5 Å². The molecule has 0 aliphatic carbocycles. The highest BCUT2D eigenvalue weighted by Gasteiger charge is 2.16. The van der Waals surface area contributed by atoms with Crippen LogP contribution < -0.4 is 10.5 Å². The summed E-state index contributed by atoms with van der Waals surface area (Å²) in [5, 5.41) is 11.2. The molecular weight excluding hydrogens is 325 g/mol. The third kappa shape index (κ3) is 5.51. The zero-order valence-electron chi connectivity index (χ0n) is 14.2. The van der Waals surface area contributed by atoms with E-state index >= 15 is 0 Å². The number of ether oxygens (including phenoxy) is 1. The Morgan fingerprint density at radius 3 is 2.40 bits per heavy atom. The van der Waals surface area contributed by atoms with Crippen LogP contribution in [0.15, 0.2) is 42.5 Å². The fraction of sp³-hybridized carbons (Fsp3) is 0.333. The summed E-state index contributed by atoms with van der Waals surface area (Å²) in [7, 11) is 1.41. The van der Waals surface area contributed by atoms with Crippen molar-refractivity contribution in [3.8, 4) is 5.75 Å². The largest absolute Gasteiger partial charge is 0.490 e. The quantitative estimate of drug-likeness (QED) is 0.557. The third-order valence-electron chi connectivity index (χ3n) is 3.84. The molecule has 0 unspecified atom stereocenters. The molecular formula is C18H22FN3O3. The number of nitrogens with zero attached hydrogens (tertiary/aromatic N) is 2. The SMILES string of the molecule is COc1ccc(CN(CCCN)Cc2ccc(F)cc2)cc1[N+](=O)[O-]. The molecule has 0 heterocycles. The van der Waals surface area contributed by atoms with E-state index in [0.29, 0.717) is 19.6 Å². The van der Waals surface area contributed by atoms with Crippen LogP contribution in [0.25, 0.3) is 0 Å². The van der Waals surface area contributed by atoms with Gasteiger partial charge in [-0.3, -0.25) is 15.0 Å². The standard InChI is InChI=1S/C18H22FN3O3/c1-25-18-8-5-15(11-17(18)22(23)24)13-21(10-2-9-20)12-14-3-6-16(19)7-4-14/h3-8,11H,2,9-10,12-13,20H2,1H3. The number of nitrogens with two attached hydrogens (primary N) is 1. The molecule has 0 aliphatic heterocycles. The van der Waals surface area contributed by atoms with Gasteiger partial charge in [0.1, 0.15) is 5.82 Å². The van der Waals surface area contributed by atoms with Crippen molar-refractivity contribution in [2.45, 2.75) is 19.5 Å². The molecule has 134 valence electrons. The summed E-state index contributed by atoms with van der Waals surface area (Å²) in [4.78, 5) is 12.9. The molecule has 0 saturated heterocycles. The van der Waals surface area contributed by atoms with Gasteiger partial charge in [-0.2, -0.15) is 0 Å². The van der Waals surface area contributed by atoms with Gasteiger partial charge in [0, 0.05) is 25.7 Å². The van der Waals surface area contributed by atoms with E-state index in [4.69, 9.17) is 10.5 Å². The van der Waals surface area contributed by atoms with Crippen molar-refractivity contribution < 1.29 is 14.1 Å². The molecule has 0 aromatic heterocycles. The second kappa shape index (κ2) is 9.10.